The zero-order chi connectivity index (χ0) is 23.2. The Bertz CT molecular complexity index is 1220. The van der Waals surface area contributed by atoms with Gasteiger partial charge in [-0.15, -0.1) is 0 Å². The molecule has 0 saturated carbocycles. The lowest BCUT2D eigenvalue weighted by atomic mass is 10.0. The summed E-state index contributed by atoms with van der Waals surface area (Å²) in [5.74, 6) is -0.717. The van der Waals surface area contributed by atoms with E-state index in [4.69, 9.17) is 20.6 Å². The Morgan fingerprint density at radius 2 is 1.94 bits per heavy atom. The summed E-state index contributed by atoms with van der Waals surface area (Å²) in [5, 5.41) is 15.2. The molecule has 4 N–H and O–H groups in total. The number of carbonyl (C=O) groups is 1. The number of benzodiazepines with no additional fused rings is 1. The van der Waals surface area contributed by atoms with Crippen LogP contribution in [0.4, 0.5) is 5.69 Å². The van der Waals surface area contributed by atoms with Crippen molar-refractivity contribution in [3.05, 3.63) is 83.7 Å². The molecule has 1 aromatic heterocycles. The Morgan fingerprint density at radius 1 is 1.18 bits per heavy atom. The molecule has 3 aromatic rings. The summed E-state index contributed by atoms with van der Waals surface area (Å²) in [4.78, 5) is 21.6. The number of nitrogens with one attached hydrogen (secondary N) is 2. The summed E-state index contributed by atoms with van der Waals surface area (Å²) in [6, 6.07) is 18.1. The molecular formula is C23H23N7O3. The molecule has 0 fully saturated rings. The molecule has 0 aliphatic carbocycles. The third kappa shape index (κ3) is 4.96. The fraction of sp³-hybridized carbons (Fsp3) is 0.174. The zero-order valence-corrected chi connectivity index (χ0v) is 17.9. The van der Waals surface area contributed by atoms with Crippen LogP contribution in [0, 0.1) is 5.41 Å². The molecule has 0 saturated heterocycles. The van der Waals surface area contributed by atoms with Crippen LogP contribution in [0.2, 0.25) is 0 Å². The molecule has 1 aliphatic rings. The molecule has 1 amide bonds. The monoisotopic (exact) mass is 445 g/mol. The van der Waals surface area contributed by atoms with Gasteiger partial charge >= 0.3 is 0 Å². The normalized spacial score (nSPS) is 15.8. The molecule has 0 bridgehead atoms. The molecule has 10 nitrogen and oxygen atoms in total. The topological polar surface area (TPSA) is 140 Å². The van der Waals surface area contributed by atoms with Gasteiger partial charge in [0, 0.05) is 24.4 Å². The Morgan fingerprint density at radius 3 is 2.73 bits per heavy atom. The van der Waals surface area contributed by atoms with Crippen LogP contribution in [0.5, 0.6) is 0 Å². The van der Waals surface area contributed by atoms with Crippen molar-refractivity contribution in [3.8, 4) is 0 Å². The van der Waals surface area contributed by atoms with E-state index in [-0.39, 0.29) is 11.9 Å². The minimum atomic E-state index is -1.20. The van der Waals surface area contributed by atoms with Crippen LogP contribution in [0.25, 0.3) is 0 Å². The van der Waals surface area contributed by atoms with Gasteiger partial charge in [0.15, 0.2) is 0 Å². The molecule has 4 rings (SSSR count). The van der Waals surface area contributed by atoms with Crippen molar-refractivity contribution in [1.82, 2.24) is 9.78 Å². The number of carbonyl (C=O) groups excluding carboxylic acids is 1. The smallest absolute Gasteiger partial charge is 0.291 e. The highest BCUT2D eigenvalue weighted by Crippen LogP contribution is 2.24. The Labute approximate surface area is 190 Å². The number of rotatable bonds is 6. The second-order valence-electron chi connectivity index (χ2n) is 7.08. The van der Waals surface area contributed by atoms with Gasteiger partial charge in [0.05, 0.1) is 24.6 Å². The lowest BCUT2D eigenvalue weighted by molar-refractivity contribution is -0.117. The number of anilines is 1. The maximum absolute atomic E-state index is 12.9. The highest BCUT2D eigenvalue weighted by atomic mass is 16.5. The molecule has 2 aromatic carbocycles. The van der Waals surface area contributed by atoms with E-state index in [1.54, 1.807) is 30.1 Å². The van der Waals surface area contributed by atoms with Crippen molar-refractivity contribution in [1.29, 1.82) is 5.41 Å². The fourth-order valence-corrected chi connectivity index (χ4v) is 3.35. The number of nitrogens with two attached hydrogens (primary N) is 1. The highest BCUT2D eigenvalue weighted by Gasteiger charge is 2.26. The predicted molar refractivity (Wildman–Crippen MR) is 125 cm³/mol. The second-order valence-corrected chi connectivity index (χ2v) is 7.08. The van der Waals surface area contributed by atoms with Crippen molar-refractivity contribution in [2.24, 2.45) is 15.7 Å². The minimum Gasteiger partial charge on any atom is -0.405 e. The maximum atomic E-state index is 12.9. The summed E-state index contributed by atoms with van der Waals surface area (Å²) < 4.78 is 12.0. The van der Waals surface area contributed by atoms with Crippen LogP contribution < -0.4 is 11.1 Å². The second kappa shape index (κ2) is 9.88. The summed E-state index contributed by atoms with van der Waals surface area (Å²) >= 11 is 0. The third-order valence-corrected chi connectivity index (χ3v) is 4.89. The van der Waals surface area contributed by atoms with Crippen LogP contribution in [0.1, 0.15) is 16.8 Å². The summed E-state index contributed by atoms with van der Waals surface area (Å²) in [5.41, 5.74) is 9.16. The van der Waals surface area contributed by atoms with E-state index in [1.165, 1.54) is 0 Å². The van der Waals surface area contributed by atoms with E-state index >= 15 is 0 Å². The summed E-state index contributed by atoms with van der Waals surface area (Å²) in [6.45, 7) is 0.862. The molecule has 1 atom stereocenters. The van der Waals surface area contributed by atoms with E-state index in [1.807, 2.05) is 48.5 Å². The van der Waals surface area contributed by atoms with Gasteiger partial charge in [-0.25, -0.2) is 4.99 Å². The number of amides is 1. The van der Waals surface area contributed by atoms with Crippen molar-refractivity contribution in [2.75, 3.05) is 19.0 Å². The largest absolute Gasteiger partial charge is 0.405 e. The molecular weight excluding hydrogens is 422 g/mol. The number of benzene rings is 2. The molecule has 0 radical (unpaired) electrons. The third-order valence-electron chi connectivity index (χ3n) is 4.89. The molecule has 10 heteroatoms. The maximum Gasteiger partial charge on any atom is 0.291 e. The lowest BCUT2D eigenvalue weighted by Crippen LogP contribution is -2.30. The standard InChI is InChI=1S/C23H23N7O3/c1-32-14-13-30-18(11-12-26-30)20(24)33-23(25)29-21-22(31)27-17-10-6-5-9-16(17)19(28-21)15-7-3-2-4-8-15/h2-12,21,24H,13-14H2,1H3,(H2,25,29)(H,27,31). The van der Waals surface area contributed by atoms with Crippen LogP contribution in [0.3, 0.4) is 0 Å². The highest BCUT2D eigenvalue weighted by molar-refractivity contribution is 6.19. The van der Waals surface area contributed by atoms with E-state index in [0.29, 0.717) is 30.2 Å². The number of amidine groups is 1. The number of nitrogens with zero attached hydrogens (tertiary/aromatic N) is 4. The molecule has 2 heterocycles. The average molecular weight is 445 g/mol. The first-order valence-electron chi connectivity index (χ1n) is 10.2. The van der Waals surface area contributed by atoms with Crippen LogP contribution in [-0.4, -0.2) is 53.2 Å². The van der Waals surface area contributed by atoms with Crippen LogP contribution in [-0.2, 0) is 20.8 Å². The van der Waals surface area contributed by atoms with Crippen molar-refractivity contribution in [3.63, 3.8) is 0 Å². The number of hydrogen-bond donors (Lipinski definition) is 3. The number of fused-ring (bicyclic) bond motifs is 1. The molecule has 1 unspecified atom stereocenters. The first-order chi connectivity index (χ1) is 16.1. The average Bonchev–Trinajstić information content (AvgIpc) is 3.25. The molecule has 0 spiro atoms. The van der Waals surface area contributed by atoms with Crippen molar-refractivity contribution < 1.29 is 14.3 Å². The number of hydrogen-bond acceptors (Lipinski definition) is 7. The van der Waals surface area contributed by atoms with Gasteiger partial charge in [-0.1, -0.05) is 48.5 Å². The summed E-state index contributed by atoms with van der Waals surface area (Å²) in [6.07, 6.45) is 0.349. The first-order valence-corrected chi connectivity index (χ1v) is 10.2. The van der Waals surface area contributed by atoms with E-state index in [2.05, 4.69) is 20.4 Å². The van der Waals surface area contributed by atoms with Crippen LogP contribution >= 0.6 is 0 Å². The van der Waals surface area contributed by atoms with E-state index < -0.39 is 12.1 Å². The number of aromatic nitrogens is 2. The minimum absolute atomic E-state index is 0.255. The van der Waals surface area contributed by atoms with Crippen molar-refractivity contribution in [2.45, 2.75) is 12.7 Å². The van der Waals surface area contributed by atoms with Gasteiger partial charge < -0.3 is 20.5 Å². The van der Waals surface area contributed by atoms with Gasteiger partial charge in [-0.2, -0.15) is 10.1 Å². The van der Waals surface area contributed by atoms with Gasteiger partial charge in [0.2, 0.25) is 12.1 Å². The lowest BCUT2D eigenvalue weighted by Gasteiger charge is -2.11. The Kier molecular flexibility index (Phi) is 6.56. The van der Waals surface area contributed by atoms with Gasteiger partial charge in [-0.3, -0.25) is 14.9 Å². The number of methoxy groups -OCH3 is 1. The number of aliphatic imine (C=N–C) groups is 2. The van der Waals surface area contributed by atoms with Gasteiger partial charge in [0.25, 0.3) is 11.9 Å². The van der Waals surface area contributed by atoms with Crippen LogP contribution in [0.15, 0.2) is 76.8 Å². The quantitative estimate of drug-likeness (QED) is 0.393. The first kappa shape index (κ1) is 21.9. The van der Waals surface area contributed by atoms with Gasteiger partial charge in [-0.05, 0) is 12.1 Å². The summed E-state index contributed by atoms with van der Waals surface area (Å²) in [7, 11) is 1.58. The number of ether oxygens (including phenoxy) is 2. The fourth-order valence-electron chi connectivity index (χ4n) is 3.35. The predicted octanol–water partition coefficient (Wildman–Crippen LogP) is 2.00. The molecule has 168 valence electrons. The zero-order valence-electron chi connectivity index (χ0n) is 17.9. The van der Waals surface area contributed by atoms with E-state index in [0.717, 1.165) is 11.1 Å². The van der Waals surface area contributed by atoms with Crippen molar-refractivity contribution >= 4 is 29.2 Å². The van der Waals surface area contributed by atoms with E-state index in [9.17, 15) is 4.79 Å². The Hall–Kier alpha value is -4.31. The molecule has 1 aliphatic heterocycles. The molecule has 33 heavy (non-hydrogen) atoms. The Balaban J connectivity index is 1.62. The van der Waals surface area contributed by atoms with Gasteiger partial charge in [0.1, 0.15) is 5.69 Å². The SMILES string of the molecule is COCCn1nccc1C(=N)OC(N)=NC1N=C(c2ccccc2)c2ccccc2NC1=O. The number of para-hydroxylation sites is 1.